The predicted octanol–water partition coefficient (Wildman–Crippen LogP) is 4.92. The molecule has 3 aromatic rings. The van der Waals surface area contributed by atoms with Crippen LogP contribution >= 0.6 is 0 Å². The number of carbonyl (C=O) groups excluding carboxylic acids is 1. The lowest BCUT2D eigenvalue weighted by molar-refractivity contribution is 0.0589. The molecule has 0 bridgehead atoms. The molecule has 0 spiro atoms. The van der Waals surface area contributed by atoms with Gasteiger partial charge in [-0.25, -0.2) is 8.42 Å². The van der Waals surface area contributed by atoms with Crippen molar-refractivity contribution < 1.29 is 27.4 Å². The number of carbonyl (C=O) groups is 1. The molecule has 0 N–H and O–H groups in total. The standard InChI is InChI=1S/C31H36N2O6S/c1-21-15-22(2)17-25(16-21)39-20-28-27-19-30(38-4)29(37-3)18-24(27)11-14-33(28)31(34)23-7-9-26(10-8-23)40(35,36)32-12-5-6-13-32/h7-10,15-19,28H,5-6,11-14,20H2,1-4H3. The van der Waals surface area contributed by atoms with Gasteiger partial charge in [0.15, 0.2) is 11.5 Å². The van der Waals surface area contributed by atoms with Crippen LogP contribution in [0, 0.1) is 13.8 Å². The van der Waals surface area contributed by atoms with E-state index in [4.69, 9.17) is 14.2 Å². The number of sulfonamides is 1. The quantitative estimate of drug-likeness (QED) is 0.386. The third-order valence-electron chi connectivity index (χ3n) is 7.67. The summed E-state index contributed by atoms with van der Waals surface area (Å²) in [5, 5.41) is 0. The van der Waals surface area contributed by atoms with Crippen LogP contribution in [0.25, 0.3) is 0 Å². The van der Waals surface area contributed by atoms with Crippen LogP contribution in [0.2, 0.25) is 0 Å². The molecule has 1 fully saturated rings. The second kappa shape index (κ2) is 11.5. The average Bonchev–Trinajstić information content (AvgIpc) is 3.50. The van der Waals surface area contributed by atoms with Crippen molar-refractivity contribution in [3.8, 4) is 17.2 Å². The minimum absolute atomic E-state index is 0.181. The van der Waals surface area contributed by atoms with Gasteiger partial charge < -0.3 is 19.1 Å². The maximum absolute atomic E-state index is 13.9. The highest BCUT2D eigenvalue weighted by atomic mass is 32.2. The zero-order valence-electron chi connectivity index (χ0n) is 23.5. The number of benzene rings is 3. The van der Waals surface area contributed by atoms with Crippen molar-refractivity contribution in [2.45, 2.75) is 44.0 Å². The van der Waals surface area contributed by atoms with Crippen LogP contribution in [0.15, 0.2) is 59.5 Å². The summed E-state index contributed by atoms with van der Waals surface area (Å²) >= 11 is 0. The lowest BCUT2D eigenvalue weighted by Gasteiger charge is -2.37. The van der Waals surface area contributed by atoms with E-state index in [-0.39, 0.29) is 23.5 Å². The first-order valence-corrected chi connectivity index (χ1v) is 15.0. The molecule has 2 aliphatic rings. The Kier molecular flexibility index (Phi) is 8.05. The molecule has 0 saturated carbocycles. The molecule has 0 aromatic heterocycles. The van der Waals surface area contributed by atoms with Crippen LogP contribution < -0.4 is 14.2 Å². The molecule has 3 aromatic carbocycles. The maximum Gasteiger partial charge on any atom is 0.254 e. The lowest BCUT2D eigenvalue weighted by atomic mass is 9.91. The highest BCUT2D eigenvalue weighted by Gasteiger charge is 2.34. The summed E-state index contributed by atoms with van der Waals surface area (Å²) < 4.78 is 44.9. The average molecular weight is 565 g/mol. The molecule has 2 aliphatic heterocycles. The molecular weight excluding hydrogens is 528 g/mol. The van der Waals surface area contributed by atoms with Crippen molar-refractivity contribution >= 4 is 15.9 Å². The summed E-state index contributed by atoms with van der Waals surface area (Å²) in [6, 6.07) is 15.9. The van der Waals surface area contributed by atoms with Crippen LogP contribution in [-0.4, -0.2) is 64.0 Å². The molecule has 8 nitrogen and oxygen atoms in total. The molecule has 1 amide bonds. The van der Waals surface area contributed by atoms with Crippen LogP contribution in [0.4, 0.5) is 0 Å². The van der Waals surface area contributed by atoms with E-state index in [0.29, 0.717) is 43.1 Å². The number of methoxy groups -OCH3 is 2. The van der Waals surface area contributed by atoms with Gasteiger partial charge in [0.05, 0.1) is 25.2 Å². The fourth-order valence-electron chi connectivity index (χ4n) is 5.66. The topological polar surface area (TPSA) is 85.4 Å². The molecular formula is C31H36N2O6S. The van der Waals surface area contributed by atoms with Gasteiger partial charge in [-0.2, -0.15) is 4.31 Å². The van der Waals surface area contributed by atoms with Crippen molar-refractivity contribution in [2.75, 3.05) is 40.5 Å². The van der Waals surface area contributed by atoms with Gasteiger partial charge in [0.1, 0.15) is 12.4 Å². The Morgan fingerprint density at radius 3 is 2.12 bits per heavy atom. The first-order valence-electron chi connectivity index (χ1n) is 13.6. The van der Waals surface area contributed by atoms with E-state index in [1.807, 2.05) is 38.1 Å². The molecule has 1 atom stereocenters. The van der Waals surface area contributed by atoms with Crippen molar-refractivity contribution in [3.05, 3.63) is 82.4 Å². The van der Waals surface area contributed by atoms with Gasteiger partial charge in [-0.15, -0.1) is 0 Å². The van der Waals surface area contributed by atoms with E-state index >= 15 is 0 Å². The summed E-state index contributed by atoms with van der Waals surface area (Å²) in [5.74, 6) is 1.79. The summed E-state index contributed by atoms with van der Waals surface area (Å²) in [6.45, 7) is 5.85. The Labute approximate surface area is 236 Å². The molecule has 5 rings (SSSR count). The molecule has 0 aliphatic carbocycles. The largest absolute Gasteiger partial charge is 0.493 e. The van der Waals surface area contributed by atoms with Gasteiger partial charge in [0, 0.05) is 25.2 Å². The lowest BCUT2D eigenvalue weighted by Crippen LogP contribution is -2.42. The molecule has 1 unspecified atom stereocenters. The van der Waals surface area contributed by atoms with Crippen LogP contribution in [0.5, 0.6) is 17.2 Å². The third kappa shape index (κ3) is 5.53. The van der Waals surface area contributed by atoms with E-state index < -0.39 is 10.0 Å². The predicted molar refractivity (Wildman–Crippen MR) is 153 cm³/mol. The highest BCUT2D eigenvalue weighted by Crippen LogP contribution is 2.39. The summed E-state index contributed by atoms with van der Waals surface area (Å²) in [7, 11) is -0.354. The molecule has 0 radical (unpaired) electrons. The fourth-order valence-corrected chi connectivity index (χ4v) is 7.17. The molecule has 40 heavy (non-hydrogen) atoms. The fraction of sp³-hybridized carbons (Fsp3) is 0.387. The van der Waals surface area contributed by atoms with Crippen LogP contribution in [0.3, 0.4) is 0 Å². The number of aryl methyl sites for hydroxylation is 2. The van der Waals surface area contributed by atoms with E-state index in [1.165, 1.54) is 16.4 Å². The van der Waals surface area contributed by atoms with Crippen molar-refractivity contribution in [1.82, 2.24) is 9.21 Å². The number of hydrogen-bond donors (Lipinski definition) is 0. The number of hydrogen-bond acceptors (Lipinski definition) is 6. The highest BCUT2D eigenvalue weighted by molar-refractivity contribution is 7.89. The zero-order chi connectivity index (χ0) is 28.4. The van der Waals surface area contributed by atoms with Gasteiger partial charge in [0.2, 0.25) is 10.0 Å². The summed E-state index contributed by atoms with van der Waals surface area (Å²) in [6.07, 6.45) is 2.38. The zero-order valence-corrected chi connectivity index (χ0v) is 24.3. The molecule has 1 saturated heterocycles. The minimum atomic E-state index is -3.55. The van der Waals surface area contributed by atoms with Gasteiger partial charge >= 0.3 is 0 Å². The van der Waals surface area contributed by atoms with E-state index in [9.17, 15) is 13.2 Å². The summed E-state index contributed by atoms with van der Waals surface area (Å²) in [4.78, 5) is 15.9. The second-order valence-corrected chi connectivity index (χ2v) is 12.4. The van der Waals surface area contributed by atoms with Gasteiger partial charge in [-0.3, -0.25) is 4.79 Å². The molecule has 9 heteroatoms. The molecule has 212 valence electrons. The first-order chi connectivity index (χ1) is 19.2. The number of rotatable bonds is 8. The molecule has 2 heterocycles. The monoisotopic (exact) mass is 564 g/mol. The first kappa shape index (κ1) is 28.0. The minimum Gasteiger partial charge on any atom is -0.493 e. The SMILES string of the molecule is COc1cc2c(cc1OC)C(COc1cc(C)cc(C)c1)N(C(=O)c1ccc(S(=O)(=O)N3CCCC3)cc1)CC2. The number of amides is 1. The van der Waals surface area contributed by atoms with Gasteiger partial charge in [-0.1, -0.05) is 6.07 Å². The second-order valence-electron chi connectivity index (χ2n) is 10.4. The third-order valence-corrected chi connectivity index (χ3v) is 9.58. The Morgan fingerprint density at radius 1 is 0.875 bits per heavy atom. The Morgan fingerprint density at radius 2 is 1.50 bits per heavy atom. The number of ether oxygens (including phenoxy) is 3. The number of fused-ring (bicyclic) bond motifs is 1. The van der Waals surface area contributed by atoms with Gasteiger partial charge in [-0.05, 0) is 104 Å². The van der Waals surface area contributed by atoms with Crippen LogP contribution in [-0.2, 0) is 16.4 Å². The Hall–Kier alpha value is -3.56. The Balaban J connectivity index is 1.46. The number of nitrogens with zero attached hydrogens (tertiary/aromatic N) is 2. The van der Waals surface area contributed by atoms with E-state index in [0.717, 1.165) is 40.8 Å². The van der Waals surface area contributed by atoms with Crippen molar-refractivity contribution in [3.63, 3.8) is 0 Å². The van der Waals surface area contributed by atoms with Gasteiger partial charge in [0.25, 0.3) is 5.91 Å². The normalized spacial score (nSPS) is 17.4. The summed E-state index contributed by atoms with van der Waals surface area (Å²) in [5.41, 5.74) is 4.64. The van der Waals surface area contributed by atoms with Crippen molar-refractivity contribution in [1.29, 1.82) is 0 Å². The maximum atomic E-state index is 13.9. The van der Waals surface area contributed by atoms with Crippen LogP contribution in [0.1, 0.15) is 51.5 Å². The van der Waals surface area contributed by atoms with Crippen molar-refractivity contribution in [2.24, 2.45) is 0 Å². The van der Waals surface area contributed by atoms with E-state index in [1.54, 1.807) is 31.3 Å². The Bertz CT molecular complexity index is 1480. The smallest absolute Gasteiger partial charge is 0.254 e. The van der Waals surface area contributed by atoms with E-state index in [2.05, 4.69) is 6.07 Å².